The molecule has 1 N–H and O–H groups in total. The van der Waals surface area contributed by atoms with Gasteiger partial charge in [0.1, 0.15) is 11.5 Å². The van der Waals surface area contributed by atoms with E-state index in [4.69, 9.17) is 4.74 Å². The Kier molecular flexibility index (Phi) is 5.42. The molecule has 0 bridgehead atoms. The van der Waals surface area contributed by atoms with Crippen molar-refractivity contribution in [2.24, 2.45) is 0 Å². The summed E-state index contributed by atoms with van der Waals surface area (Å²) in [5.74, 6) is 0.972. The van der Waals surface area contributed by atoms with Crippen LogP contribution in [0.3, 0.4) is 0 Å². The van der Waals surface area contributed by atoms with Crippen LogP contribution >= 0.6 is 0 Å². The molecular formula is C21H20N2O2. The first-order valence-corrected chi connectivity index (χ1v) is 8.23. The van der Waals surface area contributed by atoms with Crippen LogP contribution in [0.25, 0.3) is 0 Å². The molecule has 0 fully saturated rings. The lowest BCUT2D eigenvalue weighted by Crippen LogP contribution is -2.26. The first-order chi connectivity index (χ1) is 12.2. The van der Waals surface area contributed by atoms with Crippen molar-refractivity contribution in [1.29, 1.82) is 0 Å². The van der Waals surface area contributed by atoms with Crippen molar-refractivity contribution >= 4 is 5.91 Å². The van der Waals surface area contributed by atoms with Crippen molar-refractivity contribution in [3.05, 3.63) is 89.7 Å². The summed E-state index contributed by atoms with van der Waals surface area (Å²) >= 11 is 0. The van der Waals surface area contributed by atoms with Gasteiger partial charge >= 0.3 is 0 Å². The van der Waals surface area contributed by atoms with Crippen molar-refractivity contribution < 1.29 is 9.53 Å². The zero-order valence-corrected chi connectivity index (χ0v) is 14.1. The number of aryl methyl sites for hydroxylation is 1. The number of carbonyl (C=O) groups is 1. The normalized spacial score (nSPS) is 10.3. The number of nitrogens with zero attached hydrogens (tertiary/aromatic N) is 1. The molecular weight excluding hydrogens is 312 g/mol. The van der Waals surface area contributed by atoms with Crippen LogP contribution in [0.2, 0.25) is 0 Å². The minimum absolute atomic E-state index is 0.145. The maximum absolute atomic E-state index is 12.5. The third kappa shape index (κ3) is 4.44. The van der Waals surface area contributed by atoms with Crippen LogP contribution in [0.4, 0.5) is 0 Å². The number of carbonyl (C=O) groups excluding carboxylic acids is 1. The minimum atomic E-state index is -0.145. The Labute approximate surface area is 147 Å². The summed E-state index contributed by atoms with van der Waals surface area (Å²) < 4.78 is 5.79. The fourth-order valence-corrected chi connectivity index (χ4v) is 2.57. The molecule has 0 radical (unpaired) electrons. The highest BCUT2D eigenvalue weighted by molar-refractivity contribution is 5.97. The summed E-state index contributed by atoms with van der Waals surface area (Å²) in [7, 11) is 0. The smallest absolute Gasteiger partial charge is 0.255 e. The highest BCUT2D eigenvalue weighted by Gasteiger charge is 2.12. The Morgan fingerprint density at radius 2 is 1.84 bits per heavy atom. The average molecular weight is 332 g/mol. The van der Waals surface area contributed by atoms with Gasteiger partial charge in [-0.15, -0.1) is 0 Å². The van der Waals surface area contributed by atoms with Crippen LogP contribution in [0, 0.1) is 6.92 Å². The maximum atomic E-state index is 12.5. The number of amides is 1. The third-order valence-electron chi connectivity index (χ3n) is 3.94. The summed E-state index contributed by atoms with van der Waals surface area (Å²) in [5.41, 5.74) is 2.98. The summed E-state index contributed by atoms with van der Waals surface area (Å²) in [6.45, 7) is 2.65. The van der Waals surface area contributed by atoms with Gasteiger partial charge < -0.3 is 10.1 Å². The molecule has 4 nitrogen and oxygen atoms in total. The fraction of sp³-hybridized carbons (Fsp3) is 0.143. The lowest BCUT2D eigenvalue weighted by Gasteiger charge is -2.11. The van der Waals surface area contributed by atoms with Gasteiger partial charge in [-0.3, -0.25) is 9.78 Å². The molecule has 2 aromatic carbocycles. The van der Waals surface area contributed by atoms with E-state index in [9.17, 15) is 4.79 Å². The number of ether oxygens (including phenoxy) is 1. The van der Waals surface area contributed by atoms with Crippen molar-refractivity contribution in [1.82, 2.24) is 10.3 Å². The molecule has 0 saturated carbocycles. The zero-order chi connectivity index (χ0) is 17.5. The topological polar surface area (TPSA) is 51.2 Å². The van der Waals surface area contributed by atoms with Crippen LogP contribution < -0.4 is 10.1 Å². The number of pyridine rings is 1. The molecule has 0 saturated heterocycles. The number of hydrogen-bond acceptors (Lipinski definition) is 3. The van der Waals surface area contributed by atoms with E-state index in [1.165, 1.54) is 11.1 Å². The van der Waals surface area contributed by atoms with Crippen molar-refractivity contribution in [3.8, 4) is 11.5 Å². The summed E-state index contributed by atoms with van der Waals surface area (Å²) in [4.78, 5) is 16.5. The van der Waals surface area contributed by atoms with Gasteiger partial charge in [-0.05, 0) is 48.7 Å². The Morgan fingerprint density at radius 1 is 1.04 bits per heavy atom. The van der Waals surface area contributed by atoms with Gasteiger partial charge in [0.15, 0.2) is 0 Å². The fourth-order valence-electron chi connectivity index (χ4n) is 2.57. The van der Waals surface area contributed by atoms with Gasteiger partial charge in [0.2, 0.25) is 0 Å². The predicted octanol–water partition coefficient (Wildman–Crippen LogP) is 4.15. The van der Waals surface area contributed by atoms with Gasteiger partial charge in [0.05, 0.1) is 11.8 Å². The Balaban J connectivity index is 1.65. The number of nitrogens with one attached hydrogen (secondary N) is 1. The van der Waals surface area contributed by atoms with E-state index in [2.05, 4.69) is 29.4 Å². The van der Waals surface area contributed by atoms with E-state index >= 15 is 0 Å². The molecule has 0 aliphatic heterocycles. The number of rotatable bonds is 6. The first kappa shape index (κ1) is 16.7. The highest BCUT2D eigenvalue weighted by atomic mass is 16.5. The second-order valence-electron chi connectivity index (χ2n) is 5.72. The highest BCUT2D eigenvalue weighted by Crippen LogP contribution is 2.24. The first-order valence-electron chi connectivity index (χ1n) is 8.23. The molecule has 0 unspecified atom stereocenters. The quantitative estimate of drug-likeness (QED) is 0.737. The van der Waals surface area contributed by atoms with Crippen LogP contribution in [-0.2, 0) is 6.42 Å². The van der Waals surface area contributed by atoms with Crippen molar-refractivity contribution in [3.63, 3.8) is 0 Å². The van der Waals surface area contributed by atoms with Gasteiger partial charge in [-0.1, -0.05) is 36.4 Å². The molecule has 3 aromatic rings. The second-order valence-corrected chi connectivity index (χ2v) is 5.72. The summed E-state index contributed by atoms with van der Waals surface area (Å²) in [6, 6.07) is 19.0. The van der Waals surface area contributed by atoms with Gasteiger partial charge in [-0.25, -0.2) is 0 Å². The Hall–Kier alpha value is -3.14. The summed E-state index contributed by atoms with van der Waals surface area (Å²) in [6.07, 6.45) is 4.09. The van der Waals surface area contributed by atoms with Gasteiger partial charge in [0, 0.05) is 12.7 Å². The number of aromatic nitrogens is 1. The molecule has 1 aromatic heterocycles. The average Bonchev–Trinajstić information content (AvgIpc) is 2.64. The predicted molar refractivity (Wildman–Crippen MR) is 98.0 cm³/mol. The van der Waals surface area contributed by atoms with Crippen LogP contribution in [-0.4, -0.2) is 17.4 Å². The molecule has 25 heavy (non-hydrogen) atoms. The standard InChI is InChI=1S/C21H20N2O2/c1-16-7-2-3-8-17(16)12-14-23-21(24)19-10-4-5-11-20(19)25-18-9-6-13-22-15-18/h2-11,13,15H,12,14H2,1H3,(H,23,24). The SMILES string of the molecule is Cc1ccccc1CCNC(=O)c1ccccc1Oc1cccnc1. The van der Waals surface area contributed by atoms with E-state index in [1.54, 1.807) is 36.7 Å². The molecule has 4 heteroatoms. The number of para-hydroxylation sites is 1. The molecule has 1 amide bonds. The van der Waals surface area contributed by atoms with Crippen LogP contribution in [0.1, 0.15) is 21.5 Å². The molecule has 1 heterocycles. The Morgan fingerprint density at radius 3 is 2.64 bits per heavy atom. The molecule has 0 atom stereocenters. The molecule has 126 valence electrons. The number of hydrogen-bond donors (Lipinski definition) is 1. The maximum Gasteiger partial charge on any atom is 0.255 e. The molecule has 3 rings (SSSR count). The second kappa shape index (κ2) is 8.11. The largest absolute Gasteiger partial charge is 0.455 e. The molecule has 0 spiro atoms. The van der Waals surface area contributed by atoms with Crippen molar-refractivity contribution in [2.45, 2.75) is 13.3 Å². The van der Waals surface area contributed by atoms with E-state index in [0.29, 0.717) is 23.6 Å². The van der Waals surface area contributed by atoms with E-state index in [0.717, 1.165) is 6.42 Å². The molecule has 0 aliphatic rings. The van der Waals surface area contributed by atoms with E-state index in [1.807, 2.05) is 24.3 Å². The van der Waals surface area contributed by atoms with Gasteiger partial charge in [-0.2, -0.15) is 0 Å². The lowest BCUT2D eigenvalue weighted by atomic mass is 10.1. The van der Waals surface area contributed by atoms with Crippen LogP contribution in [0.15, 0.2) is 73.1 Å². The van der Waals surface area contributed by atoms with Gasteiger partial charge in [0.25, 0.3) is 5.91 Å². The van der Waals surface area contributed by atoms with Crippen molar-refractivity contribution in [2.75, 3.05) is 6.54 Å². The number of benzene rings is 2. The minimum Gasteiger partial charge on any atom is -0.455 e. The van der Waals surface area contributed by atoms with E-state index in [-0.39, 0.29) is 5.91 Å². The summed E-state index contributed by atoms with van der Waals surface area (Å²) in [5, 5.41) is 2.97. The third-order valence-corrected chi connectivity index (χ3v) is 3.94. The Bertz CT molecular complexity index is 847. The monoisotopic (exact) mass is 332 g/mol. The zero-order valence-electron chi connectivity index (χ0n) is 14.1. The van der Waals surface area contributed by atoms with Crippen LogP contribution in [0.5, 0.6) is 11.5 Å². The lowest BCUT2D eigenvalue weighted by molar-refractivity contribution is 0.0952. The molecule has 0 aliphatic carbocycles. The van der Waals surface area contributed by atoms with E-state index < -0.39 is 0 Å².